The molecule has 0 aliphatic carbocycles. The molecule has 3 rings (SSSR count). The van der Waals surface area contributed by atoms with Crippen LogP contribution in [0.15, 0.2) is 12.4 Å². The molecule has 1 aromatic heterocycles. The number of aromatic nitrogens is 2. The fourth-order valence-corrected chi connectivity index (χ4v) is 2.80. The minimum Gasteiger partial charge on any atom is -0.471 e. The Balaban J connectivity index is 1.62. The highest BCUT2D eigenvalue weighted by Gasteiger charge is 2.42. The molecule has 5 nitrogen and oxygen atoms in total. The maximum absolute atomic E-state index is 5.95. The quantitative estimate of drug-likeness (QED) is 0.880. The fraction of sp³-hybridized carbons (Fsp3) is 0.667. The zero-order chi connectivity index (χ0) is 12.4. The lowest BCUT2D eigenvalue weighted by Gasteiger charge is -2.32. The molecule has 1 aromatic rings. The van der Waals surface area contributed by atoms with Crippen LogP contribution in [0.25, 0.3) is 0 Å². The van der Waals surface area contributed by atoms with Crippen LogP contribution in [0.1, 0.15) is 19.3 Å². The van der Waals surface area contributed by atoms with Crippen molar-refractivity contribution < 1.29 is 9.47 Å². The van der Waals surface area contributed by atoms with Crippen LogP contribution in [0, 0.1) is 0 Å². The predicted molar refractivity (Wildman–Crippen MR) is 66.9 cm³/mol. The topological polar surface area (TPSA) is 56.3 Å². The number of piperidine rings is 1. The molecular weight excluding hydrogens is 254 g/mol. The third-order valence-corrected chi connectivity index (χ3v) is 3.74. The smallest absolute Gasteiger partial charge is 0.234 e. The van der Waals surface area contributed by atoms with E-state index in [1.807, 2.05) is 0 Å². The van der Waals surface area contributed by atoms with Crippen LogP contribution < -0.4 is 10.1 Å². The second kappa shape index (κ2) is 4.99. The van der Waals surface area contributed by atoms with E-state index in [1.54, 1.807) is 6.20 Å². The van der Waals surface area contributed by atoms with Crippen molar-refractivity contribution in [2.75, 3.05) is 19.7 Å². The Morgan fingerprint density at radius 3 is 3.00 bits per heavy atom. The first kappa shape index (κ1) is 12.1. The van der Waals surface area contributed by atoms with Gasteiger partial charge in [0.25, 0.3) is 0 Å². The largest absolute Gasteiger partial charge is 0.471 e. The summed E-state index contributed by atoms with van der Waals surface area (Å²) in [5.41, 5.74) is 0.00190. The molecule has 0 aromatic carbocycles. The Kier molecular flexibility index (Phi) is 3.37. The molecule has 2 fully saturated rings. The molecule has 18 heavy (non-hydrogen) atoms. The summed E-state index contributed by atoms with van der Waals surface area (Å²) in [4.78, 5) is 8.04. The van der Waals surface area contributed by atoms with E-state index < -0.39 is 0 Å². The fourth-order valence-electron chi connectivity index (χ4n) is 2.66. The Hall–Kier alpha value is -0.910. The first-order chi connectivity index (χ1) is 8.76. The molecule has 2 saturated heterocycles. The van der Waals surface area contributed by atoms with Crippen molar-refractivity contribution in [2.45, 2.75) is 31.0 Å². The highest BCUT2D eigenvalue weighted by Crippen LogP contribution is 2.35. The van der Waals surface area contributed by atoms with E-state index in [1.165, 1.54) is 6.20 Å². The Morgan fingerprint density at radius 1 is 1.39 bits per heavy atom. The minimum absolute atomic E-state index is 0.00190. The van der Waals surface area contributed by atoms with Gasteiger partial charge in [0.1, 0.15) is 6.10 Å². The van der Waals surface area contributed by atoms with Crippen molar-refractivity contribution >= 4 is 11.6 Å². The number of ether oxygens (including phenoxy) is 2. The number of hydrogen-bond acceptors (Lipinski definition) is 5. The van der Waals surface area contributed by atoms with Gasteiger partial charge in [0.15, 0.2) is 5.15 Å². The zero-order valence-corrected chi connectivity index (χ0v) is 10.8. The number of nitrogens with one attached hydrogen (secondary N) is 1. The van der Waals surface area contributed by atoms with Crippen molar-refractivity contribution in [3.8, 4) is 5.88 Å². The summed E-state index contributed by atoms with van der Waals surface area (Å²) in [7, 11) is 0. The van der Waals surface area contributed by atoms with E-state index in [9.17, 15) is 0 Å². The molecule has 6 heteroatoms. The van der Waals surface area contributed by atoms with Crippen LogP contribution >= 0.6 is 11.6 Å². The van der Waals surface area contributed by atoms with E-state index in [0.717, 1.165) is 32.4 Å². The average molecular weight is 270 g/mol. The maximum atomic E-state index is 5.95. The van der Waals surface area contributed by atoms with E-state index in [4.69, 9.17) is 21.1 Å². The van der Waals surface area contributed by atoms with Crippen molar-refractivity contribution in [1.29, 1.82) is 0 Å². The van der Waals surface area contributed by atoms with Crippen molar-refractivity contribution in [2.24, 2.45) is 0 Å². The van der Waals surface area contributed by atoms with Gasteiger partial charge in [0.2, 0.25) is 5.88 Å². The molecule has 2 aliphatic heterocycles. The van der Waals surface area contributed by atoms with Crippen molar-refractivity contribution in [3.05, 3.63) is 17.5 Å². The van der Waals surface area contributed by atoms with Gasteiger partial charge < -0.3 is 14.8 Å². The average Bonchev–Trinajstić information content (AvgIpc) is 2.73. The normalized spacial score (nSPS) is 26.4. The molecule has 3 heterocycles. The van der Waals surface area contributed by atoms with E-state index in [2.05, 4.69) is 15.3 Å². The maximum Gasteiger partial charge on any atom is 0.234 e. The standard InChI is InChI=1S/C12H16ClN3O2/c13-10-6-15-7-11(16-10)18-9-5-12(17-8-9)1-3-14-4-2-12/h6-7,9,14H,1-5,8H2. The van der Waals surface area contributed by atoms with Gasteiger partial charge in [0, 0.05) is 6.42 Å². The Morgan fingerprint density at radius 2 is 2.22 bits per heavy atom. The van der Waals surface area contributed by atoms with E-state index >= 15 is 0 Å². The van der Waals surface area contributed by atoms with E-state index in [0.29, 0.717) is 17.6 Å². The second-order valence-electron chi connectivity index (χ2n) is 4.87. The molecule has 98 valence electrons. The molecule has 1 atom stereocenters. The van der Waals surface area contributed by atoms with Gasteiger partial charge >= 0.3 is 0 Å². The zero-order valence-electron chi connectivity index (χ0n) is 10.1. The van der Waals surface area contributed by atoms with Gasteiger partial charge in [-0.05, 0) is 25.9 Å². The third-order valence-electron chi connectivity index (χ3n) is 3.56. The summed E-state index contributed by atoms with van der Waals surface area (Å²) in [5.74, 6) is 0.474. The summed E-state index contributed by atoms with van der Waals surface area (Å²) < 4.78 is 11.7. The summed E-state index contributed by atoms with van der Waals surface area (Å²) in [6.07, 6.45) is 6.15. The second-order valence-corrected chi connectivity index (χ2v) is 5.26. The molecule has 2 aliphatic rings. The van der Waals surface area contributed by atoms with Crippen molar-refractivity contribution in [1.82, 2.24) is 15.3 Å². The van der Waals surface area contributed by atoms with Gasteiger partial charge in [-0.15, -0.1) is 0 Å². The number of rotatable bonds is 2. The molecule has 1 N–H and O–H groups in total. The van der Waals surface area contributed by atoms with Crippen LogP contribution in [0.2, 0.25) is 5.15 Å². The Labute approximate surface area is 111 Å². The molecule has 0 amide bonds. The highest BCUT2D eigenvalue weighted by atomic mass is 35.5. The van der Waals surface area contributed by atoms with Crippen LogP contribution in [-0.2, 0) is 4.74 Å². The molecule has 1 unspecified atom stereocenters. The highest BCUT2D eigenvalue weighted by molar-refractivity contribution is 6.29. The van der Waals surface area contributed by atoms with Gasteiger partial charge in [-0.3, -0.25) is 4.98 Å². The minimum atomic E-state index is 0.00190. The van der Waals surface area contributed by atoms with Crippen molar-refractivity contribution in [3.63, 3.8) is 0 Å². The lowest BCUT2D eigenvalue weighted by atomic mass is 9.89. The first-order valence-electron chi connectivity index (χ1n) is 6.25. The van der Waals surface area contributed by atoms with Crippen LogP contribution in [0.4, 0.5) is 0 Å². The predicted octanol–water partition coefficient (Wildman–Crippen LogP) is 1.42. The monoisotopic (exact) mass is 269 g/mol. The van der Waals surface area contributed by atoms with Gasteiger partial charge in [-0.2, -0.15) is 4.98 Å². The van der Waals surface area contributed by atoms with Crippen LogP contribution in [0.3, 0.4) is 0 Å². The molecule has 0 saturated carbocycles. The van der Waals surface area contributed by atoms with Crippen LogP contribution in [0.5, 0.6) is 5.88 Å². The van der Waals surface area contributed by atoms with Crippen LogP contribution in [-0.4, -0.2) is 41.4 Å². The third kappa shape index (κ3) is 2.58. The van der Waals surface area contributed by atoms with Gasteiger partial charge in [0.05, 0.1) is 24.6 Å². The van der Waals surface area contributed by atoms with Gasteiger partial charge in [-0.1, -0.05) is 11.6 Å². The molecule has 0 bridgehead atoms. The summed E-state index contributed by atoms with van der Waals surface area (Å²) in [5, 5.41) is 3.70. The molecular formula is C12H16ClN3O2. The molecule has 1 spiro atoms. The lowest BCUT2D eigenvalue weighted by molar-refractivity contribution is -0.0205. The summed E-state index contributed by atoms with van der Waals surface area (Å²) in [6, 6.07) is 0. The SMILES string of the molecule is Clc1cncc(OC2COC3(CCNCC3)C2)n1. The number of nitrogens with zero attached hydrogens (tertiary/aromatic N) is 2. The lowest BCUT2D eigenvalue weighted by Crippen LogP contribution is -2.41. The van der Waals surface area contributed by atoms with E-state index in [-0.39, 0.29) is 11.7 Å². The number of halogens is 1. The Bertz CT molecular complexity index is 424. The summed E-state index contributed by atoms with van der Waals surface area (Å²) in [6.45, 7) is 2.65. The number of hydrogen-bond donors (Lipinski definition) is 1. The molecule has 0 radical (unpaired) electrons. The summed E-state index contributed by atoms with van der Waals surface area (Å²) >= 11 is 5.78. The first-order valence-corrected chi connectivity index (χ1v) is 6.62. The van der Waals surface area contributed by atoms with Gasteiger partial charge in [-0.25, -0.2) is 0 Å².